The van der Waals surface area contributed by atoms with Gasteiger partial charge in [-0.15, -0.1) is 0 Å². The second-order valence-electron chi connectivity index (χ2n) is 3.83. The molecule has 90 valence electrons. The van der Waals surface area contributed by atoms with Crippen molar-refractivity contribution in [1.29, 1.82) is 0 Å². The molecule has 1 aromatic carbocycles. The summed E-state index contributed by atoms with van der Waals surface area (Å²) in [5.74, 6) is -0.131. The Balaban J connectivity index is 2.17. The van der Waals surface area contributed by atoms with Crippen LogP contribution >= 0.6 is 0 Å². The minimum absolute atomic E-state index is 0.211. The lowest BCUT2D eigenvalue weighted by atomic mass is 10.3. The van der Waals surface area contributed by atoms with Crippen molar-refractivity contribution in [3.8, 4) is 0 Å². The predicted octanol–water partition coefficient (Wildman–Crippen LogP) is 2.66. The van der Waals surface area contributed by atoms with Gasteiger partial charge < -0.3 is 9.72 Å². The lowest BCUT2D eigenvalue weighted by Crippen LogP contribution is -2.18. The summed E-state index contributed by atoms with van der Waals surface area (Å²) in [5, 5.41) is 2.43. The smallest absolute Gasteiger partial charge is 0.414 e. The summed E-state index contributed by atoms with van der Waals surface area (Å²) in [4.78, 5) is 18.1. The first kappa shape index (κ1) is 11.4. The van der Waals surface area contributed by atoms with Gasteiger partial charge in [-0.3, -0.25) is 5.32 Å². The molecule has 17 heavy (non-hydrogen) atoms. The van der Waals surface area contributed by atoms with Crippen LogP contribution in [0.3, 0.4) is 0 Å². The Hall–Kier alpha value is -2.11. The van der Waals surface area contributed by atoms with Gasteiger partial charge in [0.25, 0.3) is 0 Å². The molecular formula is C11H12FN3O2. The SMILES string of the molecule is CC(C)OC(=O)Nc1nc2ccc(F)cc2[nH]1. The van der Waals surface area contributed by atoms with Crippen molar-refractivity contribution in [3.63, 3.8) is 0 Å². The standard InChI is InChI=1S/C11H12FN3O2/c1-6(2)17-11(16)15-10-13-8-4-3-7(12)5-9(8)14-10/h3-6H,1-2H3,(H2,13,14,15,16). The van der Waals surface area contributed by atoms with E-state index in [0.717, 1.165) is 0 Å². The number of amides is 1. The zero-order valence-electron chi connectivity index (χ0n) is 9.45. The molecule has 2 rings (SSSR count). The lowest BCUT2D eigenvalue weighted by Gasteiger charge is -2.06. The Morgan fingerprint density at radius 3 is 3.00 bits per heavy atom. The maximum Gasteiger partial charge on any atom is 0.414 e. The molecule has 0 aliphatic heterocycles. The van der Waals surface area contributed by atoms with E-state index < -0.39 is 6.09 Å². The van der Waals surface area contributed by atoms with Crippen molar-refractivity contribution < 1.29 is 13.9 Å². The van der Waals surface area contributed by atoms with Gasteiger partial charge >= 0.3 is 6.09 Å². The minimum Gasteiger partial charge on any atom is -0.447 e. The van der Waals surface area contributed by atoms with E-state index in [9.17, 15) is 9.18 Å². The van der Waals surface area contributed by atoms with Crippen molar-refractivity contribution in [1.82, 2.24) is 9.97 Å². The van der Waals surface area contributed by atoms with E-state index in [1.165, 1.54) is 18.2 Å². The Labute approximate surface area is 97.0 Å². The van der Waals surface area contributed by atoms with Crippen molar-refractivity contribution in [2.75, 3.05) is 5.32 Å². The first-order valence-corrected chi connectivity index (χ1v) is 5.17. The molecule has 0 saturated heterocycles. The van der Waals surface area contributed by atoms with Gasteiger partial charge in [-0.1, -0.05) is 0 Å². The summed E-state index contributed by atoms with van der Waals surface area (Å²) in [5.41, 5.74) is 1.09. The third-order valence-corrected chi connectivity index (χ3v) is 2.01. The zero-order valence-corrected chi connectivity index (χ0v) is 9.45. The number of carbonyl (C=O) groups excluding carboxylic acids is 1. The maximum atomic E-state index is 12.9. The van der Waals surface area contributed by atoms with Gasteiger partial charge in [-0.25, -0.2) is 14.2 Å². The first-order chi connectivity index (χ1) is 8.04. The number of carbonyl (C=O) groups is 1. The molecule has 5 nitrogen and oxygen atoms in total. The second kappa shape index (κ2) is 4.40. The van der Waals surface area contributed by atoms with E-state index in [2.05, 4.69) is 15.3 Å². The van der Waals surface area contributed by atoms with Crippen LogP contribution in [-0.4, -0.2) is 22.2 Å². The average molecular weight is 237 g/mol. The van der Waals surface area contributed by atoms with Crippen LogP contribution in [0.25, 0.3) is 11.0 Å². The molecule has 0 fully saturated rings. The Bertz CT molecular complexity index is 551. The number of rotatable bonds is 2. The molecule has 2 N–H and O–H groups in total. The molecule has 0 unspecified atom stereocenters. The van der Waals surface area contributed by atoms with Crippen LogP contribution in [0, 0.1) is 5.82 Å². The molecule has 0 bridgehead atoms. The molecule has 0 radical (unpaired) electrons. The number of ether oxygens (including phenoxy) is 1. The molecule has 1 aromatic heterocycles. The van der Waals surface area contributed by atoms with Gasteiger partial charge in [0.15, 0.2) is 0 Å². The van der Waals surface area contributed by atoms with Crippen LogP contribution in [0.2, 0.25) is 0 Å². The molecule has 1 amide bonds. The minimum atomic E-state index is -0.598. The summed E-state index contributed by atoms with van der Waals surface area (Å²) >= 11 is 0. The third kappa shape index (κ3) is 2.72. The monoisotopic (exact) mass is 237 g/mol. The fourth-order valence-corrected chi connectivity index (χ4v) is 1.38. The van der Waals surface area contributed by atoms with Crippen molar-refractivity contribution in [2.24, 2.45) is 0 Å². The van der Waals surface area contributed by atoms with Crippen LogP contribution in [-0.2, 0) is 4.74 Å². The highest BCUT2D eigenvalue weighted by molar-refractivity contribution is 5.86. The van der Waals surface area contributed by atoms with Gasteiger partial charge in [-0.2, -0.15) is 0 Å². The molecule has 0 spiro atoms. The summed E-state index contributed by atoms with van der Waals surface area (Å²) in [6.07, 6.45) is -0.809. The average Bonchev–Trinajstić information content (AvgIpc) is 2.57. The van der Waals surface area contributed by atoms with Crippen LogP contribution in [0.4, 0.5) is 15.1 Å². The number of hydrogen-bond donors (Lipinski definition) is 2. The molecule has 6 heteroatoms. The molecule has 1 heterocycles. The van der Waals surface area contributed by atoms with Crippen molar-refractivity contribution in [3.05, 3.63) is 24.0 Å². The molecule has 0 aliphatic carbocycles. The Kier molecular flexibility index (Phi) is 2.95. The van der Waals surface area contributed by atoms with E-state index in [1.54, 1.807) is 13.8 Å². The number of nitrogens with one attached hydrogen (secondary N) is 2. The lowest BCUT2D eigenvalue weighted by molar-refractivity contribution is 0.130. The first-order valence-electron chi connectivity index (χ1n) is 5.17. The van der Waals surface area contributed by atoms with Crippen LogP contribution in [0.5, 0.6) is 0 Å². The fourth-order valence-electron chi connectivity index (χ4n) is 1.38. The number of hydrogen-bond acceptors (Lipinski definition) is 3. The second-order valence-corrected chi connectivity index (χ2v) is 3.83. The van der Waals surface area contributed by atoms with Crippen molar-refractivity contribution in [2.45, 2.75) is 20.0 Å². The number of H-pyrrole nitrogens is 1. The number of fused-ring (bicyclic) bond motifs is 1. The Morgan fingerprint density at radius 1 is 1.53 bits per heavy atom. The van der Waals surface area contributed by atoms with Crippen LogP contribution in [0.15, 0.2) is 18.2 Å². The van der Waals surface area contributed by atoms with Crippen LogP contribution < -0.4 is 5.32 Å². The normalized spacial score (nSPS) is 10.8. The van der Waals surface area contributed by atoms with E-state index in [0.29, 0.717) is 11.0 Å². The van der Waals surface area contributed by atoms with Crippen LogP contribution in [0.1, 0.15) is 13.8 Å². The summed E-state index contributed by atoms with van der Waals surface area (Å²) in [7, 11) is 0. The van der Waals surface area contributed by atoms with E-state index in [1.807, 2.05) is 0 Å². The molecular weight excluding hydrogens is 225 g/mol. The van der Waals surface area contributed by atoms with Gasteiger partial charge in [-0.05, 0) is 32.0 Å². The number of anilines is 1. The number of imidazole rings is 1. The van der Waals surface area contributed by atoms with Gasteiger partial charge in [0, 0.05) is 0 Å². The van der Waals surface area contributed by atoms with E-state index >= 15 is 0 Å². The van der Waals surface area contributed by atoms with Gasteiger partial charge in [0.05, 0.1) is 17.1 Å². The fraction of sp³-hybridized carbons (Fsp3) is 0.273. The number of aromatic amines is 1. The summed E-state index contributed by atoms with van der Waals surface area (Å²) in [6, 6.07) is 4.14. The van der Waals surface area contributed by atoms with E-state index in [4.69, 9.17) is 4.74 Å². The number of benzene rings is 1. The highest BCUT2D eigenvalue weighted by Gasteiger charge is 2.09. The van der Waals surface area contributed by atoms with Gasteiger partial charge in [0.2, 0.25) is 5.95 Å². The largest absolute Gasteiger partial charge is 0.447 e. The molecule has 2 aromatic rings. The van der Waals surface area contributed by atoms with Crippen molar-refractivity contribution >= 4 is 23.1 Å². The Morgan fingerprint density at radius 2 is 2.29 bits per heavy atom. The number of halogens is 1. The zero-order chi connectivity index (χ0) is 12.4. The maximum absolute atomic E-state index is 12.9. The summed E-state index contributed by atoms with van der Waals surface area (Å²) in [6.45, 7) is 3.49. The van der Waals surface area contributed by atoms with E-state index in [-0.39, 0.29) is 17.9 Å². The molecule has 0 atom stereocenters. The number of aromatic nitrogens is 2. The highest BCUT2D eigenvalue weighted by Crippen LogP contribution is 2.15. The topological polar surface area (TPSA) is 67.0 Å². The number of nitrogens with zero attached hydrogens (tertiary/aromatic N) is 1. The molecule has 0 saturated carbocycles. The summed E-state index contributed by atoms with van der Waals surface area (Å²) < 4.78 is 17.8. The molecule has 0 aliphatic rings. The third-order valence-electron chi connectivity index (χ3n) is 2.01. The quantitative estimate of drug-likeness (QED) is 0.843. The van der Waals surface area contributed by atoms with Gasteiger partial charge in [0.1, 0.15) is 5.82 Å². The predicted molar refractivity (Wildman–Crippen MR) is 61.3 cm³/mol. The highest BCUT2D eigenvalue weighted by atomic mass is 19.1.